The van der Waals surface area contributed by atoms with Crippen LogP contribution >= 0.6 is 0 Å². The second kappa shape index (κ2) is 19.4. The van der Waals surface area contributed by atoms with Gasteiger partial charge in [0, 0.05) is 6.61 Å². The number of esters is 1. The number of carbonyl (C=O) groups is 1. The van der Waals surface area contributed by atoms with Gasteiger partial charge in [-0.25, -0.2) is 0 Å². The molecule has 1 atom stereocenters. The number of hydrogen-bond acceptors (Lipinski definition) is 4. The maximum absolute atomic E-state index is 10.9. The summed E-state index contributed by atoms with van der Waals surface area (Å²) < 4.78 is 4.78. The van der Waals surface area contributed by atoms with E-state index < -0.39 is 0 Å². The first-order chi connectivity index (χ1) is 11.0. The summed E-state index contributed by atoms with van der Waals surface area (Å²) in [4.78, 5) is 12.7. The van der Waals surface area contributed by atoms with Gasteiger partial charge in [-0.2, -0.15) is 0 Å². The van der Waals surface area contributed by atoms with Crippen molar-refractivity contribution in [3.63, 3.8) is 0 Å². The van der Waals surface area contributed by atoms with Crippen molar-refractivity contribution in [3.8, 4) is 0 Å². The number of hydrogen-bond donors (Lipinski definition) is 1. The molecule has 4 heteroatoms. The smallest absolute Gasteiger partial charge is 0.323 e. The molecule has 0 rings (SSSR count). The van der Waals surface area contributed by atoms with Crippen molar-refractivity contribution in [1.82, 2.24) is 4.90 Å². The highest BCUT2D eigenvalue weighted by atomic mass is 16.5. The van der Waals surface area contributed by atoms with Gasteiger partial charge in [-0.05, 0) is 34.4 Å². The standard InChI is InChI=1S/C12H26O.C7H15NO2/c1-2-3-4-5-6-7-8-9-10-11-12-13;1-5-10-7(9)6(2)8(3)4/h13H,2-12H2,1H3;6H,5H2,1-4H3. The van der Waals surface area contributed by atoms with Crippen LogP contribution in [0, 0.1) is 0 Å². The minimum Gasteiger partial charge on any atom is -0.465 e. The molecule has 0 aromatic heterocycles. The maximum atomic E-state index is 10.9. The molecule has 0 spiro atoms. The number of carbonyl (C=O) groups excluding carboxylic acids is 1. The number of aliphatic hydroxyl groups excluding tert-OH is 1. The summed E-state index contributed by atoms with van der Waals surface area (Å²) in [6.07, 6.45) is 13.3. The van der Waals surface area contributed by atoms with E-state index in [0.717, 1.165) is 6.42 Å². The molecule has 1 N–H and O–H groups in total. The fourth-order valence-electron chi connectivity index (χ4n) is 2.07. The molecule has 0 bridgehead atoms. The highest BCUT2D eigenvalue weighted by molar-refractivity contribution is 5.75. The van der Waals surface area contributed by atoms with Crippen LogP contribution in [-0.4, -0.2) is 49.3 Å². The van der Waals surface area contributed by atoms with E-state index in [9.17, 15) is 4.79 Å². The number of likely N-dealkylation sites (N-methyl/N-ethyl adjacent to an activating group) is 1. The van der Waals surface area contributed by atoms with Gasteiger partial charge in [-0.15, -0.1) is 0 Å². The molecule has 0 aromatic carbocycles. The van der Waals surface area contributed by atoms with E-state index in [1.54, 1.807) is 6.92 Å². The van der Waals surface area contributed by atoms with Crippen LogP contribution in [0.1, 0.15) is 85.0 Å². The molecule has 0 heterocycles. The molecule has 0 amide bonds. The average Bonchev–Trinajstić information content (AvgIpc) is 2.53. The zero-order valence-electron chi connectivity index (χ0n) is 16.3. The molecule has 0 fully saturated rings. The zero-order valence-corrected chi connectivity index (χ0v) is 16.3. The highest BCUT2D eigenvalue weighted by Gasteiger charge is 2.14. The number of unbranched alkanes of at least 4 members (excludes halogenated alkanes) is 9. The van der Waals surface area contributed by atoms with Gasteiger partial charge in [0.15, 0.2) is 0 Å². The van der Waals surface area contributed by atoms with Crippen LogP contribution in [-0.2, 0) is 9.53 Å². The molecule has 0 saturated heterocycles. The van der Waals surface area contributed by atoms with Crippen molar-refractivity contribution in [2.45, 2.75) is 91.0 Å². The van der Waals surface area contributed by atoms with E-state index in [4.69, 9.17) is 9.84 Å². The fourth-order valence-corrected chi connectivity index (χ4v) is 2.07. The van der Waals surface area contributed by atoms with Crippen molar-refractivity contribution >= 4 is 5.97 Å². The third-order valence-electron chi connectivity index (χ3n) is 3.91. The second-order valence-corrected chi connectivity index (χ2v) is 6.30. The lowest BCUT2D eigenvalue weighted by atomic mass is 10.1. The first kappa shape index (κ1) is 24.6. The van der Waals surface area contributed by atoms with Crippen LogP contribution in [0.25, 0.3) is 0 Å². The Morgan fingerprint density at radius 1 is 0.913 bits per heavy atom. The Kier molecular flexibility index (Phi) is 20.8. The van der Waals surface area contributed by atoms with Crippen molar-refractivity contribution in [2.24, 2.45) is 0 Å². The molecule has 140 valence electrons. The molecule has 0 aliphatic heterocycles. The van der Waals surface area contributed by atoms with Crippen molar-refractivity contribution in [1.29, 1.82) is 0 Å². The summed E-state index contributed by atoms with van der Waals surface area (Å²) in [5, 5.41) is 8.57. The molecule has 0 aliphatic rings. The van der Waals surface area contributed by atoms with Crippen LogP contribution in [0.2, 0.25) is 0 Å². The third kappa shape index (κ3) is 19.3. The first-order valence-electron chi connectivity index (χ1n) is 9.45. The maximum Gasteiger partial charge on any atom is 0.323 e. The number of ether oxygens (including phenoxy) is 1. The van der Waals surface area contributed by atoms with Crippen LogP contribution in [0.3, 0.4) is 0 Å². The van der Waals surface area contributed by atoms with Crippen molar-refractivity contribution < 1.29 is 14.6 Å². The molecule has 0 saturated carbocycles. The molecule has 4 nitrogen and oxygen atoms in total. The van der Waals surface area contributed by atoms with Gasteiger partial charge in [0.25, 0.3) is 0 Å². The van der Waals surface area contributed by atoms with E-state index >= 15 is 0 Å². The van der Waals surface area contributed by atoms with E-state index in [2.05, 4.69) is 6.92 Å². The highest BCUT2D eigenvalue weighted by Crippen LogP contribution is 2.10. The van der Waals surface area contributed by atoms with Crippen molar-refractivity contribution in [2.75, 3.05) is 27.3 Å². The van der Waals surface area contributed by atoms with Crippen molar-refractivity contribution in [3.05, 3.63) is 0 Å². The number of nitrogens with zero attached hydrogens (tertiary/aromatic N) is 1. The topological polar surface area (TPSA) is 49.8 Å². The van der Waals surface area contributed by atoms with Crippen LogP contribution in [0.15, 0.2) is 0 Å². The third-order valence-corrected chi connectivity index (χ3v) is 3.91. The van der Waals surface area contributed by atoms with Gasteiger partial charge in [0.2, 0.25) is 0 Å². The Balaban J connectivity index is 0. The molecule has 0 aliphatic carbocycles. The zero-order chi connectivity index (χ0) is 17.9. The molecule has 0 radical (unpaired) electrons. The van der Waals surface area contributed by atoms with E-state index in [1.165, 1.54) is 57.8 Å². The SMILES string of the molecule is CCCCCCCCCCCCO.CCOC(=O)C(C)N(C)C. The normalized spacial score (nSPS) is 11.8. The van der Waals surface area contributed by atoms with Crippen LogP contribution < -0.4 is 0 Å². The Morgan fingerprint density at radius 2 is 1.35 bits per heavy atom. The Morgan fingerprint density at radius 3 is 1.70 bits per heavy atom. The summed E-state index contributed by atoms with van der Waals surface area (Å²) in [6.45, 7) is 6.71. The quantitative estimate of drug-likeness (QED) is 0.401. The predicted molar refractivity (Wildman–Crippen MR) is 98.7 cm³/mol. The summed E-state index contributed by atoms with van der Waals surface area (Å²) in [5.41, 5.74) is 0. The molecule has 1 unspecified atom stereocenters. The Hall–Kier alpha value is -0.610. The lowest BCUT2D eigenvalue weighted by Gasteiger charge is -2.17. The van der Waals surface area contributed by atoms with E-state index in [0.29, 0.717) is 13.2 Å². The molecular formula is C19H41NO3. The molecule has 23 heavy (non-hydrogen) atoms. The van der Waals surface area contributed by atoms with Gasteiger partial charge >= 0.3 is 5.97 Å². The fraction of sp³-hybridized carbons (Fsp3) is 0.947. The number of aliphatic hydroxyl groups is 1. The van der Waals surface area contributed by atoms with Crippen LogP contribution in [0.5, 0.6) is 0 Å². The van der Waals surface area contributed by atoms with Gasteiger partial charge in [0.1, 0.15) is 6.04 Å². The summed E-state index contributed by atoms with van der Waals surface area (Å²) in [5.74, 6) is -0.160. The summed E-state index contributed by atoms with van der Waals surface area (Å²) >= 11 is 0. The summed E-state index contributed by atoms with van der Waals surface area (Å²) in [6, 6.07) is -0.139. The van der Waals surface area contributed by atoms with Gasteiger partial charge in [-0.3, -0.25) is 9.69 Å². The largest absolute Gasteiger partial charge is 0.465 e. The van der Waals surface area contributed by atoms with Gasteiger partial charge in [0.05, 0.1) is 6.61 Å². The second-order valence-electron chi connectivity index (χ2n) is 6.30. The average molecular weight is 332 g/mol. The summed E-state index contributed by atoms with van der Waals surface area (Å²) in [7, 11) is 3.70. The molecular weight excluding hydrogens is 290 g/mol. The minimum atomic E-state index is -0.160. The van der Waals surface area contributed by atoms with E-state index in [1.807, 2.05) is 25.9 Å². The van der Waals surface area contributed by atoms with Crippen LogP contribution in [0.4, 0.5) is 0 Å². The Bertz CT molecular complexity index is 235. The predicted octanol–water partition coefficient (Wildman–Crippen LogP) is 4.40. The molecule has 0 aromatic rings. The lowest BCUT2D eigenvalue weighted by molar-refractivity contribution is -0.147. The van der Waals surface area contributed by atoms with E-state index in [-0.39, 0.29) is 12.0 Å². The van der Waals surface area contributed by atoms with Gasteiger partial charge in [-0.1, -0.05) is 64.7 Å². The first-order valence-corrected chi connectivity index (χ1v) is 9.45. The number of rotatable bonds is 13. The monoisotopic (exact) mass is 331 g/mol. The lowest BCUT2D eigenvalue weighted by Crippen LogP contribution is -2.34. The van der Waals surface area contributed by atoms with Gasteiger partial charge < -0.3 is 9.84 Å². The Labute approximate surface area is 144 Å². The minimum absolute atomic E-state index is 0.139.